The monoisotopic (exact) mass is 586 g/mol. The standard InChI is InChI=1S/C39H34N4Si/c1-5-30(32-22-13-15-26-40-32)42-31(6-2)38-36(28-18-9-7-10-19-28)37(29-20-11-8-12-21-29)39(44(38,3)4)35-25-17-24-34(43-35)33-23-14-16-27-41-33/h5-27H,1H2,2-4H3/b31-6-,42-30+. The van der Waals surface area contributed by atoms with E-state index in [-0.39, 0.29) is 0 Å². The maximum atomic E-state index is 5.28. The minimum Gasteiger partial charge on any atom is -0.255 e. The third kappa shape index (κ3) is 5.46. The number of hydrogen-bond donors (Lipinski definition) is 0. The predicted molar refractivity (Wildman–Crippen MR) is 186 cm³/mol. The molecule has 1 aliphatic rings. The van der Waals surface area contributed by atoms with Gasteiger partial charge in [0, 0.05) is 12.4 Å². The van der Waals surface area contributed by atoms with Crippen molar-refractivity contribution in [3.63, 3.8) is 0 Å². The summed E-state index contributed by atoms with van der Waals surface area (Å²) in [5, 5.41) is 2.54. The molecule has 1 aliphatic heterocycles. The molecule has 0 spiro atoms. The molecule has 0 saturated heterocycles. The highest BCUT2D eigenvalue weighted by atomic mass is 28.3. The van der Waals surface area contributed by atoms with Gasteiger partial charge in [-0.3, -0.25) is 9.97 Å². The summed E-state index contributed by atoms with van der Waals surface area (Å²) in [6, 6.07) is 39.5. The Labute approximate surface area is 260 Å². The highest BCUT2D eigenvalue weighted by molar-refractivity contribution is 7.05. The lowest BCUT2D eigenvalue weighted by molar-refractivity contribution is 1.23. The van der Waals surface area contributed by atoms with E-state index >= 15 is 0 Å². The lowest BCUT2D eigenvalue weighted by Crippen LogP contribution is -2.31. The molecule has 0 fully saturated rings. The van der Waals surface area contributed by atoms with Gasteiger partial charge in [-0.25, -0.2) is 9.98 Å². The van der Waals surface area contributed by atoms with Crippen LogP contribution >= 0.6 is 0 Å². The van der Waals surface area contributed by atoms with Crippen LogP contribution in [0.3, 0.4) is 0 Å². The summed E-state index contributed by atoms with van der Waals surface area (Å²) in [4.78, 5) is 19.7. The van der Waals surface area contributed by atoms with Gasteiger partial charge in [0.2, 0.25) is 0 Å². The smallest absolute Gasteiger partial charge is 0.119 e. The third-order valence-electron chi connectivity index (χ3n) is 7.95. The van der Waals surface area contributed by atoms with Crippen molar-refractivity contribution in [1.29, 1.82) is 0 Å². The SMILES string of the molecule is C=C/C(=N\C(=C/C)C1=C(c2ccccc2)C(c2ccccc2)=C(c2cccc(-c3ccccn3)n2)[Si]1(C)C)c1ccccn1. The molecule has 5 aromatic rings. The third-order valence-corrected chi connectivity index (χ3v) is 11.5. The van der Waals surface area contributed by atoms with Crippen molar-refractivity contribution in [2.45, 2.75) is 20.0 Å². The van der Waals surface area contributed by atoms with Gasteiger partial charge in [-0.2, -0.15) is 0 Å². The Morgan fingerprint density at radius 1 is 0.659 bits per heavy atom. The molecule has 4 heterocycles. The number of benzene rings is 2. The molecule has 0 bridgehead atoms. The molecule has 4 nitrogen and oxygen atoms in total. The van der Waals surface area contributed by atoms with Crippen LogP contribution < -0.4 is 0 Å². The van der Waals surface area contributed by atoms with Crippen molar-refractivity contribution in [1.82, 2.24) is 15.0 Å². The highest BCUT2D eigenvalue weighted by Gasteiger charge is 2.45. The Morgan fingerprint density at radius 2 is 1.25 bits per heavy atom. The average Bonchev–Trinajstić information content (AvgIpc) is 3.34. The molecule has 0 saturated carbocycles. The number of nitrogens with zero attached hydrogens (tertiary/aromatic N) is 4. The number of allylic oxidation sites excluding steroid dienone is 5. The van der Waals surface area contributed by atoms with E-state index in [0.29, 0.717) is 0 Å². The summed E-state index contributed by atoms with van der Waals surface area (Å²) >= 11 is 0. The Bertz CT molecular complexity index is 1920. The van der Waals surface area contributed by atoms with E-state index < -0.39 is 8.07 Å². The summed E-state index contributed by atoms with van der Waals surface area (Å²) < 4.78 is 0. The summed E-state index contributed by atoms with van der Waals surface area (Å²) in [5.41, 5.74) is 9.89. The molecular weight excluding hydrogens is 553 g/mol. The summed E-state index contributed by atoms with van der Waals surface area (Å²) in [5.74, 6) is 0. The zero-order valence-corrected chi connectivity index (χ0v) is 26.3. The molecule has 0 radical (unpaired) electrons. The first-order chi connectivity index (χ1) is 21.5. The van der Waals surface area contributed by atoms with Crippen molar-refractivity contribution in [2.75, 3.05) is 0 Å². The fourth-order valence-electron chi connectivity index (χ4n) is 6.03. The van der Waals surface area contributed by atoms with Crippen LogP contribution in [-0.4, -0.2) is 28.7 Å². The second-order valence-corrected chi connectivity index (χ2v) is 15.3. The number of hydrogen-bond acceptors (Lipinski definition) is 4. The topological polar surface area (TPSA) is 51.0 Å². The quantitative estimate of drug-likeness (QED) is 0.134. The molecule has 0 unspecified atom stereocenters. The first-order valence-electron chi connectivity index (χ1n) is 14.8. The first kappa shape index (κ1) is 28.8. The molecule has 0 atom stereocenters. The summed E-state index contributed by atoms with van der Waals surface area (Å²) in [6.07, 6.45) is 7.53. The van der Waals surface area contributed by atoms with Gasteiger partial charge in [0.1, 0.15) is 8.07 Å². The number of rotatable bonds is 8. The van der Waals surface area contributed by atoms with Crippen LogP contribution in [0.1, 0.15) is 29.4 Å². The Balaban J connectivity index is 1.66. The van der Waals surface area contributed by atoms with E-state index in [9.17, 15) is 0 Å². The molecule has 214 valence electrons. The molecule has 0 aliphatic carbocycles. The van der Waals surface area contributed by atoms with Gasteiger partial charge in [0.05, 0.1) is 34.2 Å². The fourth-order valence-corrected chi connectivity index (χ4v) is 9.69. The highest BCUT2D eigenvalue weighted by Crippen LogP contribution is 2.54. The molecule has 6 rings (SSSR count). The maximum Gasteiger partial charge on any atom is 0.119 e. The lowest BCUT2D eigenvalue weighted by Gasteiger charge is -2.26. The van der Waals surface area contributed by atoms with Crippen molar-refractivity contribution < 1.29 is 0 Å². The van der Waals surface area contributed by atoms with Crippen molar-refractivity contribution in [2.24, 2.45) is 4.99 Å². The molecule has 3 aromatic heterocycles. The summed E-state index contributed by atoms with van der Waals surface area (Å²) in [6.45, 7) is 11.0. The van der Waals surface area contributed by atoms with Crippen LogP contribution in [0, 0.1) is 0 Å². The maximum absolute atomic E-state index is 5.28. The van der Waals surface area contributed by atoms with Gasteiger partial charge in [-0.05, 0) is 82.1 Å². The van der Waals surface area contributed by atoms with E-state index in [1.807, 2.05) is 48.7 Å². The average molecular weight is 587 g/mol. The molecule has 0 N–H and O–H groups in total. The van der Waals surface area contributed by atoms with E-state index in [0.717, 1.165) is 45.3 Å². The van der Waals surface area contributed by atoms with Gasteiger partial charge in [0.15, 0.2) is 0 Å². The van der Waals surface area contributed by atoms with Crippen molar-refractivity contribution in [3.05, 3.63) is 180 Å². The Kier molecular flexibility index (Phi) is 8.22. The van der Waals surface area contributed by atoms with Crippen molar-refractivity contribution in [3.8, 4) is 11.4 Å². The molecule has 44 heavy (non-hydrogen) atoms. The van der Waals surface area contributed by atoms with Gasteiger partial charge < -0.3 is 0 Å². The largest absolute Gasteiger partial charge is 0.255 e. The number of aromatic nitrogens is 3. The fraction of sp³-hybridized carbons (Fsp3) is 0.0769. The van der Waals surface area contributed by atoms with E-state index in [1.54, 1.807) is 12.3 Å². The molecular formula is C39H34N4Si. The first-order valence-corrected chi connectivity index (χ1v) is 17.8. The Morgan fingerprint density at radius 3 is 1.84 bits per heavy atom. The molecule has 0 amide bonds. The van der Waals surface area contributed by atoms with Crippen LogP contribution in [0.25, 0.3) is 27.7 Å². The van der Waals surface area contributed by atoms with Crippen LogP contribution in [0.5, 0.6) is 0 Å². The van der Waals surface area contributed by atoms with Crippen LogP contribution in [0.15, 0.2) is 162 Å². The number of aliphatic imine (C=N–C) groups is 1. The van der Waals surface area contributed by atoms with Gasteiger partial charge in [0.25, 0.3) is 0 Å². The van der Waals surface area contributed by atoms with E-state index in [4.69, 9.17) is 9.98 Å². The molecule has 2 aromatic carbocycles. The zero-order chi connectivity index (χ0) is 30.5. The number of pyridine rings is 3. The van der Waals surface area contributed by atoms with Crippen LogP contribution in [0.2, 0.25) is 13.1 Å². The Hall–Kier alpha value is -5.26. The van der Waals surface area contributed by atoms with Gasteiger partial charge in [-0.15, -0.1) is 0 Å². The minimum atomic E-state index is -2.47. The predicted octanol–water partition coefficient (Wildman–Crippen LogP) is 9.28. The summed E-state index contributed by atoms with van der Waals surface area (Å²) in [7, 11) is -2.47. The van der Waals surface area contributed by atoms with E-state index in [2.05, 4.69) is 115 Å². The second kappa shape index (κ2) is 12.5. The van der Waals surface area contributed by atoms with E-state index in [1.165, 1.54) is 21.5 Å². The van der Waals surface area contributed by atoms with Crippen LogP contribution in [-0.2, 0) is 0 Å². The van der Waals surface area contributed by atoms with Gasteiger partial charge >= 0.3 is 0 Å². The zero-order valence-electron chi connectivity index (χ0n) is 25.3. The second-order valence-electron chi connectivity index (χ2n) is 11.1. The van der Waals surface area contributed by atoms with Gasteiger partial charge in [-0.1, -0.05) is 105 Å². The lowest BCUT2D eigenvalue weighted by atomic mass is 9.90. The van der Waals surface area contributed by atoms with Crippen molar-refractivity contribution >= 4 is 30.1 Å². The normalized spacial score (nSPS) is 15.1. The van der Waals surface area contributed by atoms with Crippen LogP contribution in [0.4, 0.5) is 0 Å². The molecule has 5 heteroatoms. The minimum absolute atomic E-state index is 0.744.